The van der Waals surface area contributed by atoms with Gasteiger partial charge in [0.2, 0.25) is 0 Å². The van der Waals surface area contributed by atoms with Gasteiger partial charge in [0.05, 0.1) is 10.7 Å². The van der Waals surface area contributed by atoms with E-state index < -0.39 is 0 Å². The van der Waals surface area contributed by atoms with Crippen LogP contribution in [-0.2, 0) is 6.42 Å². The summed E-state index contributed by atoms with van der Waals surface area (Å²) in [5.41, 5.74) is 8.47. The summed E-state index contributed by atoms with van der Waals surface area (Å²) in [6, 6.07) is 12.8. The van der Waals surface area contributed by atoms with Crippen molar-refractivity contribution < 1.29 is 4.79 Å². The Morgan fingerprint density at radius 2 is 1.80 bits per heavy atom. The molecule has 0 amide bonds. The van der Waals surface area contributed by atoms with E-state index in [2.05, 4.69) is 13.8 Å². The molecule has 0 fully saturated rings. The number of carbonyl (C=O) groups excluding carboxylic acids is 1. The van der Waals surface area contributed by atoms with E-state index in [4.69, 9.17) is 17.3 Å². The highest BCUT2D eigenvalue weighted by Crippen LogP contribution is 2.25. The second-order valence-electron chi connectivity index (χ2n) is 5.33. The highest BCUT2D eigenvalue weighted by molar-refractivity contribution is 6.37. The zero-order valence-corrected chi connectivity index (χ0v) is 12.4. The number of ketones is 1. The van der Waals surface area contributed by atoms with Crippen LogP contribution in [0.2, 0.25) is 5.02 Å². The fourth-order valence-electron chi connectivity index (χ4n) is 2.14. The van der Waals surface area contributed by atoms with Crippen LogP contribution in [0.4, 0.5) is 5.69 Å². The maximum absolute atomic E-state index is 12.4. The third-order valence-electron chi connectivity index (χ3n) is 3.13. The lowest BCUT2D eigenvalue weighted by Gasteiger charge is -2.08. The molecular weight excluding hydrogens is 270 g/mol. The van der Waals surface area contributed by atoms with Crippen LogP contribution >= 0.6 is 11.6 Å². The number of hydrogen-bond acceptors (Lipinski definition) is 2. The highest BCUT2D eigenvalue weighted by Gasteiger charge is 2.14. The molecule has 0 radical (unpaired) electrons. The second-order valence-corrected chi connectivity index (χ2v) is 5.71. The summed E-state index contributed by atoms with van der Waals surface area (Å²) >= 11 is 6.09. The van der Waals surface area contributed by atoms with Gasteiger partial charge in [0, 0.05) is 11.1 Å². The predicted molar refractivity (Wildman–Crippen MR) is 84.3 cm³/mol. The normalized spacial score (nSPS) is 10.8. The quantitative estimate of drug-likeness (QED) is 0.671. The van der Waals surface area contributed by atoms with E-state index in [0.29, 0.717) is 27.8 Å². The maximum Gasteiger partial charge on any atom is 0.194 e. The van der Waals surface area contributed by atoms with E-state index in [-0.39, 0.29) is 5.78 Å². The van der Waals surface area contributed by atoms with Gasteiger partial charge in [0.1, 0.15) is 0 Å². The minimum absolute atomic E-state index is 0.0987. The number of nitrogen functional groups attached to an aromatic ring is 1. The summed E-state index contributed by atoms with van der Waals surface area (Å²) in [7, 11) is 0. The van der Waals surface area contributed by atoms with Gasteiger partial charge in [-0.15, -0.1) is 0 Å². The number of carbonyl (C=O) groups is 1. The number of halogens is 1. The smallest absolute Gasteiger partial charge is 0.194 e. The van der Waals surface area contributed by atoms with E-state index >= 15 is 0 Å². The van der Waals surface area contributed by atoms with Gasteiger partial charge < -0.3 is 5.73 Å². The molecule has 2 nitrogen and oxygen atoms in total. The molecule has 2 rings (SSSR count). The number of anilines is 1. The molecule has 0 aliphatic heterocycles. The van der Waals surface area contributed by atoms with E-state index in [1.807, 2.05) is 24.3 Å². The van der Waals surface area contributed by atoms with Gasteiger partial charge in [0.15, 0.2) is 5.78 Å². The summed E-state index contributed by atoms with van der Waals surface area (Å²) in [4.78, 5) is 12.4. The number of benzene rings is 2. The third-order valence-corrected chi connectivity index (χ3v) is 3.56. The largest absolute Gasteiger partial charge is 0.398 e. The van der Waals surface area contributed by atoms with Crippen LogP contribution in [0.5, 0.6) is 0 Å². The Balaban J connectivity index is 2.27. The van der Waals surface area contributed by atoms with E-state index in [1.165, 1.54) is 5.56 Å². The lowest BCUT2D eigenvalue weighted by atomic mass is 9.98. The lowest BCUT2D eigenvalue weighted by molar-refractivity contribution is 0.103. The molecule has 2 aromatic rings. The average Bonchev–Trinajstić information content (AvgIpc) is 2.41. The molecular formula is C17H18ClNO. The molecule has 0 heterocycles. The van der Waals surface area contributed by atoms with Gasteiger partial charge >= 0.3 is 0 Å². The summed E-state index contributed by atoms with van der Waals surface area (Å²) in [6.45, 7) is 4.34. The van der Waals surface area contributed by atoms with E-state index in [9.17, 15) is 4.79 Å². The molecule has 0 bridgehead atoms. The fraction of sp³-hybridized carbons (Fsp3) is 0.235. The van der Waals surface area contributed by atoms with Gasteiger partial charge in [-0.2, -0.15) is 0 Å². The molecule has 0 aromatic heterocycles. The molecule has 0 saturated heterocycles. The Morgan fingerprint density at radius 1 is 1.15 bits per heavy atom. The fourth-order valence-corrected chi connectivity index (χ4v) is 2.36. The number of hydrogen-bond donors (Lipinski definition) is 1. The molecule has 0 atom stereocenters. The molecule has 2 N–H and O–H groups in total. The van der Waals surface area contributed by atoms with Crippen LogP contribution in [0.25, 0.3) is 0 Å². The molecule has 2 aromatic carbocycles. The Morgan fingerprint density at radius 3 is 2.40 bits per heavy atom. The molecule has 0 aliphatic rings. The molecule has 0 saturated carbocycles. The molecule has 0 aliphatic carbocycles. The first kappa shape index (κ1) is 14.6. The summed E-state index contributed by atoms with van der Waals surface area (Å²) in [5.74, 6) is 0.498. The SMILES string of the molecule is CC(C)Cc1ccc(C(=O)c2cccc(N)c2Cl)cc1. The van der Waals surface area contributed by atoms with Crippen LogP contribution in [0.15, 0.2) is 42.5 Å². The molecule has 0 unspecified atom stereocenters. The van der Waals surface area contributed by atoms with Crippen molar-refractivity contribution >= 4 is 23.1 Å². The van der Waals surface area contributed by atoms with Crippen molar-refractivity contribution in [3.8, 4) is 0 Å². The van der Waals surface area contributed by atoms with Crippen molar-refractivity contribution in [1.29, 1.82) is 0 Å². The van der Waals surface area contributed by atoms with Crippen LogP contribution in [0.3, 0.4) is 0 Å². The van der Waals surface area contributed by atoms with Crippen LogP contribution in [0, 0.1) is 5.92 Å². The molecule has 20 heavy (non-hydrogen) atoms. The minimum atomic E-state index is -0.0987. The van der Waals surface area contributed by atoms with Crippen LogP contribution in [-0.4, -0.2) is 5.78 Å². The van der Waals surface area contributed by atoms with Gasteiger partial charge in [-0.05, 0) is 30.0 Å². The van der Waals surface area contributed by atoms with Crippen molar-refractivity contribution in [2.45, 2.75) is 20.3 Å². The summed E-state index contributed by atoms with van der Waals surface area (Å²) in [6.07, 6.45) is 1.01. The van der Waals surface area contributed by atoms with Crippen molar-refractivity contribution in [1.82, 2.24) is 0 Å². The third kappa shape index (κ3) is 3.20. The van der Waals surface area contributed by atoms with Gasteiger partial charge in [-0.25, -0.2) is 0 Å². The standard InChI is InChI=1S/C17H18ClNO/c1-11(2)10-12-6-8-13(9-7-12)17(20)14-4-3-5-15(19)16(14)18/h3-9,11H,10,19H2,1-2H3. The molecule has 0 spiro atoms. The lowest BCUT2D eigenvalue weighted by Crippen LogP contribution is -2.04. The summed E-state index contributed by atoms with van der Waals surface area (Å²) < 4.78 is 0. The van der Waals surface area contributed by atoms with Gasteiger partial charge in [-0.3, -0.25) is 4.79 Å². The monoisotopic (exact) mass is 287 g/mol. The zero-order valence-electron chi connectivity index (χ0n) is 11.7. The first-order valence-electron chi connectivity index (χ1n) is 6.66. The van der Waals surface area contributed by atoms with Crippen molar-refractivity contribution in [2.24, 2.45) is 5.92 Å². The number of nitrogens with two attached hydrogens (primary N) is 1. The van der Waals surface area contributed by atoms with Crippen molar-refractivity contribution in [2.75, 3.05) is 5.73 Å². The Kier molecular flexibility index (Phi) is 4.46. The van der Waals surface area contributed by atoms with Crippen LogP contribution in [0.1, 0.15) is 35.3 Å². The molecule has 3 heteroatoms. The highest BCUT2D eigenvalue weighted by atomic mass is 35.5. The molecule has 104 valence electrons. The Labute approximate surface area is 124 Å². The topological polar surface area (TPSA) is 43.1 Å². The first-order chi connectivity index (χ1) is 9.49. The van der Waals surface area contributed by atoms with Crippen LogP contribution < -0.4 is 5.73 Å². The van der Waals surface area contributed by atoms with E-state index in [1.54, 1.807) is 18.2 Å². The van der Waals surface area contributed by atoms with Crippen molar-refractivity contribution in [3.05, 3.63) is 64.2 Å². The van der Waals surface area contributed by atoms with Gasteiger partial charge in [-0.1, -0.05) is 55.8 Å². The number of rotatable bonds is 4. The second kappa shape index (κ2) is 6.10. The Hall–Kier alpha value is -1.80. The zero-order chi connectivity index (χ0) is 14.7. The minimum Gasteiger partial charge on any atom is -0.398 e. The maximum atomic E-state index is 12.4. The van der Waals surface area contributed by atoms with Crippen molar-refractivity contribution in [3.63, 3.8) is 0 Å². The first-order valence-corrected chi connectivity index (χ1v) is 7.04. The van der Waals surface area contributed by atoms with E-state index in [0.717, 1.165) is 6.42 Å². The average molecular weight is 288 g/mol. The van der Waals surface area contributed by atoms with Gasteiger partial charge in [0.25, 0.3) is 0 Å². The summed E-state index contributed by atoms with van der Waals surface area (Å²) in [5, 5.41) is 0.323. The predicted octanol–water partition coefficient (Wildman–Crippen LogP) is 4.35. The Bertz CT molecular complexity index is 617.